The number of rotatable bonds is 5. The zero-order chi connectivity index (χ0) is 17.9. The first-order valence-electron chi connectivity index (χ1n) is 7.65. The summed E-state index contributed by atoms with van der Waals surface area (Å²) in [5, 5.41) is 0. The topological polar surface area (TPSA) is 79.5 Å². The standard InChI is InChI=1S/C17H26N2O4/c1-8-13(21)19(17(4,5)6)9-12(20)14-10(2)15(16(22)23-7)18-11(14)3/h18H,8-9H2,1-7H3. The Balaban J connectivity index is 3.17. The van der Waals surface area contributed by atoms with Crippen LogP contribution in [0.25, 0.3) is 0 Å². The number of methoxy groups -OCH3 is 1. The molecule has 0 spiro atoms. The maximum atomic E-state index is 12.7. The number of amides is 1. The second-order valence-electron chi connectivity index (χ2n) is 6.54. The molecule has 0 saturated carbocycles. The molecule has 1 amide bonds. The van der Waals surface area contributed by atoms with Crippen LogP contribution in [0.4, 0.5) is 0 Å². The fraction of sp³-hybridized carbons (Fsp3) is 0.588. The zero-order valence-corrected chi connectivity index (χ0v) is 15.0. The smallest absolute Gasteiger partial charge is 0.354 e. The van der Waals surface area contributed by atoms with Gasteiger partial charge >= 0.3 is 5.97 Å². The quantitative estimate of drug-likeness (QED) is 0.667. The highest BCUT2D eigenvalue weighted by Gasteiger charge is 2.30. The number of H-pyrrole nitrogens is 1. The molecular weight excluding hydrogens is 296 g/mol. The van der Waals surface area contributed by atoms with E-state index in [9.17, 15) is 14.4 Å². The molecule has 1 heterocycles. The number of aromatic amines is 1. The molecule has 0 bridgehead atoms. The number of aryl methyl sites for hydroxylation is 1. The monoisotopic (exact) mass is 322 g/mol. The SMILES string of the molecule is CCC(=O)N(CC(=O)c1c(C)[nH]c(C(=O)OC)c1C)C(C)(C)C. The Morgan fingerprint density at radius 2 is 1.74 bits per heavy atom. The summed E-state index contributed by atoms with van der Waals surface area (Å²) in [4.78, 5) is 41.1. The van der Waals surface area contributed by atoms with Crippen molar-refractivity contribution in [3.05, 3.63) is 22.5 Å². The molecule has 0 aromatic carbocycles. The van der Waals surface area contributed by atoms with Gasteiger partial charge < -0.3 is 14.6 Å². The highest BCUT2D eigenvalue weighted by molar-refractivity contribution is 6.04. The van der Waals surface area contributed by atoms with E-state index in [1.165, 1.54) is 7.11 Å². The minimum atomic E-state index is -0.512. The molecule has 0 atom stereocenters. The van der Waals surface area contributed by atoms with E-state index in [0.717, 1.165) is 0 Å². The molecule has 1 rings (SSSR count). The predicted octanol–water partition coefficient (Wildman–Crippen LogP) is 2.64. The Kier molecular flexibility index (Phi) is 5.75. The fourth-order valence-electron chi connectivity index (χ4n) is 2.59. The summed E-state index contributed by atoms with van der Waals surface area (Å²) >= 11 is 0. The number of aromatic nitrogens is 1. The van der Waals surface area contributed by atoms with E-state index in [4.69, 9.17) is 4.74 Å². The molecule has 0 aliphatic heterocycles. The lowest BCUT2D eigenvalue weighted by molar-refractivity contribution is -0.134. The summed E-state index contributed by atoms with van der Waals surface area (Å²) in [5.41, 5.74) is 1.43. The van der Waals surface area contributed by atoms with Crippen LogP contribution in [-0.4, -0.2) is 46.7 Å². The van der Waals surface area contributed by atoms with Gasteiger partial charge in [0.15, 0.2) is 5.78 Å². The fourth-order valence-corrected chi connectivity index (χ4v) is 2.59. The molecule has 128 valence electrons. The first-order chi connectivity index (χ1) is 10.5. The molecule has 0 unspecified atom stereocenters. The van der Waals surface area contributed by atoms with Crippen LogP contribution in [0.15, 0.2) is 0 Å². The third-order valence-electron chi connectivity index (χ3n) is 3.82. The van der Waals surface area contributed by atoms with Gasteiger partial charge in [0.25, 0.3) is 0 Å². The second kappa shape index (κ2) is 6.98. The summed E-state index contributed by atoms with van der Waals surface area (Å²) in [6.07, 6.45) is 0.336. The highest BCUT2D eigenvalue weighted by Crippen LogP contribution is 2.22. The van der Waals surface area contributed by atoms with Crippen molar-refractivity contribution in [1.82, 2.24) is 9.88 Å². The second-order valence-corrected chi connectivity index (χ2v) is 6.54. The van der Waals surface area contributed by atoms with Crippen molar-refractivity contribution >= 4 is 17.7 Å². The van der Waals surface area contributed by atoms with Gasteiger partial charge in [0, 0.05) is 23.2 Å². The summed E-state index contributed by atoms with van der Waals surface area (Å²) < 4.78 is 4.71. The minimum absolute atomic E-state index is 0.0175. The van der Waals surface area contributed by atoms with E-state index in [0.29, 0.717) is 23.2 Å². The van der Waals surface area contributed by atoms with Crippen LogP contribution in [0.5, 0.6) is 0 Å². The van der Waals surface area contributed by atoms with Crippen molar-refractivity contribution in [3.8, 4) is 0 Å². The Morgan fingerprint density at radius 3 is 2.17 bits per heavy atom. The maximum Gasteiger partial charge on any atom is 0.354 e. The van der Waals surface area contributed by atoms with Crippen molar-refractivity contribution in [1.29, 1.82) is 0 Å². The molecule has 0 aliphatic carbocycles. The van der Waals surface area contributed by atoms with Gasteiger partial charge in [0.2, 0.25) is 5.91 Å². The van der Waals surface area contributed by atoms with Crippen LogP contribution in [0.1, 0.15) is 66.2 Å². The molecule has 0 radical (unpaired) electrons. The molecule has 23 heavy (non-hydrogen) atoms. The van der Waals surface area contributed by atoms with E-state index in [1.807, 2.05) is 20.8 Å². The van der Waals surface area contributed by atoms with E-state index >= 15 is 0 Å². The molecule has 6 nitrogen and oxygen atoms in total. The number of carbonyl (C=O) groups is 3. The van der Waals surface area contributed by atoms with Crippen LogP contribution in [-0.2, 0) is 9.53 Å². The van der Waals surface area contributed by atoms with Gasteiger partial charge in [0.1, 0.15) is 5.69 Å². The Labute approximate surface area is 137 Å². The number of esters is 1. The largest absolute Gasteiger partial charge is 0.464 e. The number of ketones is 1. The molecule has 1 aromatic rings. The normalized spacial score (nSPS) is 11.3. The van der Waals surface area contributed by atoms with E-state index < -0.39 is 11.5 Å². The van der Waals surface area contributed by atoms with E-state index in [-0.39, 0.29) is 23.9 Å². The number of nitrogens with one attached hydrogen (secondary N) is 1. The highest BCUT2D eigenvalue weighted by atomic mass is 16.5. The van der Waals surface area contributed by atoms with Gasteiger partial charge in [0.05, 0.1) is 13.7 Å². The number of Topliss-reactive ketones (excluding diaryl/α,β-unsaturated/α-hetero) is 1. The van der Waals surface area contributed by atoms with Crippen molar-refractivity contribution in [2.45, 2.75) is 53.5 Å². The Hall–Kier alpha value is -2.11. The van der Waals surface area contributed by atoms with Gasteiger partial charge in [-0.3, -0.25) is 9.59 Å². The zero-order valence-electron chi connectivity index (χ0n) is 15.0. The van der Waals surface area contributed by atoms with Crippen LogP contribution < -0.4 is 0 Å². The number of hydrogen-bond acceptors (Lipinski definition) is 4. The van der Waals surface area contributed by atoms with Crippen molar-refractivity contribution in [3.63, 3.8) is 0 Å². The molecule has 0 aliphatic rings. The van der Waals surface area contributed by atoms with E-state index in [1.54, 1.807) is 25.7 Å². The van der Waals surface area contributed by atoms with Gasteiger partial charge in [-0.15, -0.1) is 0 Å². The van der Waals surface area contributed by atoms with Gasteiger partial charge in [-0.2, -0.15) is 0 Å². The number of nitrogens with zero attached hydrogens (tertiary/aromatic N) is 1. The van der Waals surface area contributed by atoms with Crippen LogP contribution >= 0.6 is 0 Å². The first-order valence-corrected chi connectivity index (χ1v) is 7.65. The summed E-state index contributed by atoms with van der Waals surface area (Å²) in [6.45, 7) is 10.9. The average molecular weight is 322 g/mol. The lowest BCUT2D eigenvalue weighted by Crippen LogP contribution is -2.48. The van der Waals surface area contributed by atoms with E-state index in [2.05, 4.69) is 4.98 Å². The summed E-state index contributed by atoms with van der Waals surface area (Å²) in [7, 11) is 1.29. The molecular formula is C17H26N2O4. The molecule has 1 aromatic heterocycles. The van der Waals surface area contributed by atoms with Crippen molar-refractivity contribution < 1.29 is 19.1 Å². The third-order valence-corrected chi connectivity index (χ3v) is 3.82. The third kappa shape index (κ3) is 4.00. The first kappa shape index (κ1) is 18.9. The summed E-state index contributed by atoms with van der Waals surface area (Å²) in [6, 6.07) is 0. The van der Waals surface area contributed by atoms with Crippen molar-refractivity contribution in [2.24, 2.45) is 0 Å². The van der Waals surface area contributed by atoms with Crippen LogP contribution in [0, 0.1) is 13.8 Å². The maximum absolute atomic E-state index is 12.7. The molecule has 0 fully saturated rings. The van der Waals surface area contributed by atoms with Crippen LogP contribution in [0.2, 0.25) is 0 Å². The predicted molar refractivity (Wildman–Crippen MR) is 87.7 cm³/mol. The molecule has 0 saturated heterocycles. The number of hydrogen-bond donors (Lipinski definition) is 1. The molecule has 1 N–H and O–H groups in total. The minimum Gasteiger partial charge on any atom is -0.464 e. The van der Waals surface area contributed by atoms with Gasteiger partial charge in [-0.05, 0) is 40.2 Å². The van der Waals surface area contributed by atoms with Crippen LogP contribution in [0.3, 0.4) is 0 Å². The van der Waals surface area contributed by atoms with Crippen molar-refractivity contribution in [2.75, 3.05) is 13.7 Å². The summed E-state index contributed by atoms with van der Waals surface area (Å²) in [5.74, 6) is -0.782. The van der Waals surface area contributed by atoms with Gasteiger partial charge in [-0.1, -0.05) is 6.92 Å². The number of ether oxygens (including phenoxy) is 1. The molecule has 6 heteroatoms. The number of carbonyl (C=O) groups excluding carboxylic acids is 3. The lowest BCUT2D eigenvalue weighted by atomic mass is 10.0. The Bertz CT molecular complexity index is 623. The lowest BCUT2D eigenvalue weighted by Gasteiger charge is -2.35. The van der Waals surface area contributed by atoms with Gasteiger partial charge in [-0.25, -0.2) is 4.79 Å². The average Bonchev–Trinajstić information content (AvgIpc) is 2.76. The Morgan fingerprint density at radius 1 is 1.17 bits per heavy atom.